The van der Waals surface area contributed by atoms with Crippen LogP contribution in [0.25, 0.3) is 0 Å². The summed E-state index contributed by atoms with van der Waals surface area (Å²) < 4.78 is 12.9. The number of nitrogens with zero attached hydrogens (tertiary/aromatic N) is 2. The summed E-state index contributed by atoms with van der Waals surface area (Å²) in [6, 6.07) is 1.62. The van der Waals surface area contributed by atoms with Gasteiger partial charge in [-0.15, -0.1) is 0 Å². The summed E-state index contributed by atoms with van der Waals surface area (Å²) in [6.07, 6.45) is 3.34. The number of rotatable bonds is 5. The van der Waals surface area contributed by atoms with Crippen molar-refractivity contribution in [1.29, 1.82) is 5.41 Å². The summed E-state index contributed by atoms with van der Waals surface area (Å²) in [4.78, 5) is 5.80. The summed E-state index contributed by atoms with van der Waals surface area (Å²) in [5.41, 5.74) is 6.15. The van der Waals surface area contributed by atoms with Crippen LogP contribution in [0.1, 0.15) is 18.9 Å². The molecule has 4 nitrogen and oxygen atoms in total. The second-order valence-electron chi connectivity index (χ2n) is 4.00. The van der Waals surface area contributed by atoms with Crippen LogP contribution in [0.5, 0.6) is 0 Å². The first-order valence-electron chi connectivity index (χ1n) is 5.11. The predicted molar refractivity (Wildman–Crippen MR) is 61.7 cm³/mol. The second-order valence-corrected chi connectivity index (χ2v) is 4.00. The molecule has 0 saturated heterocycles. The molecular formula is C11H17FN4. The third-order valence-electron chi connectivity index (χ3n) is 2.46. The van der Waals surface area contributed by atoms with Gasteiger partial charge in [-0.3, -0.25) is 15.3 Å². The number of nitrogens with one attached hydrogen (secondary N) is 1. The Kier molecular flexibility index (Phi) is 4.37. The highest BCUT2D eigenvalue weighted by molar-refractivity contribution is 5.77. The van der Waals surface area contributed by atoms with Gasteiger partial charge < -0.3 is 5.73 Å². The number of nitrogens with two attached hydrogens (primary N) is 1. The molecule has 1 aromatic heterocycles. The van der Waals surface area contributed by atoms with Gasteiger partial charge in [0.2, 0.25) is 0 Å². The summed E-state index contributed by atoms with van der Waals surface area (Å²) in [5.74, 6) is -0.165. The Morgan fingerprint density at radius 2 is 2.31 bits per heavy atom. The number of halogens is 1. The van der Waals surface area contributed by atoms with Crippen LogP contribution in [-0.4, -0.2) is 28.8 Å². The van der Waals surface area contributed by atoms with E-state index in [9.17, 15) is 4.39 Å². The highest BCUT2D eigenvalue weighted by Gasteiger charge is 2.11. The van der Waals surface area contributed by atoms with Crippen LogP contribution in [-0.2, 0) is 6.54 Å². The smallest absolute Gasteiger partial charge is 0.141 e. The van der Waals surface area contributed by atoms with Crippen molar-refractivity contribution >= 4 is 5.84 Å². The lowest BCUT2D eigenvalue weighted by molar-refractivity contribution is 0.254. The molecule has 0 aliphatic heterocycles. The van der Waals surface area contributed by atoms with Crippen LogP contribution in [0, 0.1) is 11.2 Å². The summed E-state index contributed by atoms with van der Waals surface area (Å²) in [7, 11) is 1.92. The van der Waals surface area contributed by atoms with E-state index in [1.165, 1.54) is 12.3 Å². The van der Waals surface area contributed by atoms with Gasteiger partial charge in [0, 0.05) is 25.2 Å². The van der Waals surface area contributed by atoms with Crippen LogP contribution in [0.15, 0.2) is 18.5 Å². The van der Waals surface area contributed by atoms with E-state index in [1.807, 2.05) is 18.9 Å². The molecule has 3 N–H and O–H groups in total. The Bertz CT molecular complexity index is 367. The SMILES string of the molecule is CC(CC(=N)N)N(C)Cc1cncc(F)c1. The maximum absolute atomic E-state index is 12.9. The average molecular weight is 224 g/mol. The largest absolute Gasteiger partial charge is 0.388 e. The molecule has 1 rings (SSSR count). The van der Waals surface area contributed by atoms with Crippen molar-refractivity contribution in [2.75, 3.05) is 7.05 Å². The van der Waals surface area contributed by atoms with Gasteiger partial charge in [0.1, 0.15) is 5.82 Å². The molecule has 1 unspecified atom stereocenters. The van der Waals surface area contributed by atoms with Crippen LogP contribution < -0.4 is 5.73 Å². The zero-order chi connectivity index (χ0) is 12.1. The Morgan fingerprint density at radius 3 is 2.88 bits per heavy atom. The van der Waals surface area contributed by atoms with Gasteiger partial charge in [0.25, 0.3) is 0 Å². The monoisotopic (exact) mass is 224 g/mol. The summed E-state index contributed by atoms with van der Waals surface area (Å²) in [6.45, 7) is 2.58. The average Bonchev–Trinajstić information content (AvgIpc) is 2.16. The normalized spacial score (nSPS) is 12.8. The molecule has 0 aliphatic carbocycles. The molecule has 0 aromatic carbocycles. The number of hydrogen-bond donors (Lipinski definition) is 2. The van der Waals surface area contributed by atoms with E-state index in [2.05, 4.69) is 4.98 Å². The Balaban J connectivity index is 2.56. The Labute approximate surface area is 94.8 Å². The number of aromatic nitrogens is 1. The molecule has 1 heterocycles. The van der Waals surface area contributed by atoms with Crippen LogP contribution >= 0.6 is 0 Å². The van der Waals surface area contributed by atoms with E-state index >= 15 is 0 Å². The van der Waals surface area contributed by atoms with Crippen LogP contribution in [0.3, 0.4) is 0 Å². The first-order valence-corrected chi connectivity index (χ1v) is 5.11. The molecule has 16 heavy (non-hydrogen) atoms. The zero-order valence-corrected chi connectivity index (χ0v) is 9.57. The van der Waals surface area contributed by atoms with Gasteiger partial charge in [0.05, 0.1) is 12.0 Å². The molecular weight excluding hydrogens is 207 g/mol. The minimum absolute atomic E-state index is 0.153. The van der Waals surface area contributed by atoms with Crippen molar-refractivity contribution in [3.8, 4) is 0 Å². The van der Waals surface area contributed by atoms with Gasteiger partial charge >= 0.3 is 0 Å². The van der Waals surface area contributed by atoms with Gasteiger partial charge in [-0.05, 0) is 25.6 Å². The van der Waals surface area contributed by atoms with Crippen molar-refractivity contribution in [2.24, 2.45) is 5.73 Å². The van der Waals surface area contributed by atoms with Gasteiger partial charge in [-0.1, -0.05) is 0 Å². The lowest BCUT2D eigenvalue weighted by Crippen LogP contribution is -2.32. The molecule has 1 aromatic rings. The second kappa shape index (κ2) is 5.55. The fourth-order valence-electron chi connectivity index (χ4n) is 1.46. The van der Waals surface area contributed by atoms with E-state index in [0.29, 0.717) is 13.0 Å². The highest BCUT2D eigenvalue weighted by Crippen LogP contribution is 2.08. The molecule has 5 heteroatoms. The van der Waals surface area contributed by atoms with Gasteiger partial charge in [-0.25, -0.2) is 4.39 Å². The predicted octanol–water partition coefficient (Wildman–Crippen LogP) is 1.37. The summed E-state index contributed by atoms with van der Waals surface area (Å²) >= 11 is 0. The maximum atomic E-state index is 12.9. The lowest BCUT2D eigenvalue weighted by Gasteiger charge is -2.24. The fraction of sp³-hybridized carbons (Fsp3) is 0.455. The molecule has 0 aliphatic rings. The number of hydrogen-bond acceptors (Lipinski definition) is 3. The molecule has 0 bridgehead atoms. The Hall–Kier alpha value is -1.49. The highest BCUT2D eigenvalue weighted by atomic mass is 19.1. The van der Waals surface area contributed by atoms with E-state index in [-0.39, 0.29) is 17.7 Å². The topological polar surface area (TPSA) is 66.0 Å². The van der Waals surface area contributed by atoms with E-state index in [1.54, 1.807) is 6.20 Å². The molecule has 1 atom stereocenters. The first kappa shape index (κ1) is 12.6. The van der Waals surface area contributed by atoms with E-state index < -0.39 is 0 Å². The minimum atomic E-state index is -0.329. The van der Waals surface area contributed by atoms with Crippen LogP contribution in [0.4, 0.5) is 4.39 Å². The van der Waals surface area contributed by atoms with Crippen molar-refractivity contribution in [3.05, 3.63) is 29.8 Å². The molecule has 0 saturated carbocycles. The minimum Gasteiger partial charge on any atom is -0.388 e. The van der Waals surface area contributed by atoms with Crippen molar-refractivity contribution in [3.63, 3.8) is 0 Å². The molecule has 0 spiro atoms. The van der Waals surface area contributed by atoms with E-state index in [0.717, 1.165) is 5.56 Å². The zero-order valence-electron chi connectivity index (χ0n) is 9.57. The van der Waals surface area contributed by atoms with Crippen molar-refractivity contribution in [1.82, 2.24) is 9.88 Å². The quantitative estimate of drug-likeness (QED) is 0.586. The number of pyridine rings is 1. The molecule has 88 valence electrons. The third kappa shape index (κ3) is 3.94. The lowest BCUT2D eigenvalue weighted by atomic mass is 10.1. The van der Waals surface area contributed by atoms with Crippen molar-refractivity contribution < 1.29 is 4.39 Å². The van der Waals surface area contributed by atoms with Gasteiger partial charge in [0.15, 0.2) is 0 Å². The third-order valence-corrected chi connectivity index (χ3v) is 2.46. The van der Waals surface area contributed by atoms with E-state index in [4.69, 9.17) is 11.1 Å². The molecule has 0 amide bonds. The Morgan fingerprint density at radius 1 is 1.62 bits per heavy atom. The fourth-order valence-corrected chi connectivity index (χ4v) is 1.46. The standard InChI is InChI=1S/C11H17FN4/c1-8(3-11(13)14)16(2)7-9-4-10(12)6-15-5-9/h4-6,8H,3,7H2,1-2H3,(H3,13,14). The molecule has 0 fully saturated rings. The van der Waals surface area contributed by atoms with Gasteiger partial charge in [-0.2, -0.15) is 0 Å². The van der Waals surface area contributed by atoms with Crippen molar-refractivity contribution in [2.45, 2.75) is 25.9 Å². The summed E-state index contributed by atoms with van der Waals surface area (Å²) in [5, 5.41) is 7.21. The first-order chi connectivity index (χ1) is 7.49. The molecule has 0 radical (unpaired) electrons. The number of amidine groups is 1. The maximum Gasteiger partial charge on any atom is 0.141 e. The van der Waals surface area contributed by atoms with Crippen LogP contribution in [0.2, 0.25) is 0 Å².